The van der Waals surface area contributed by atoms with Gasteiger partial charge < -0.3 is 5.43 Å². The van der Waals surface area contributed by atoms with Crippen LogP contribution in [0.2, 0.25) is 0 Å². The standard InChI is InChI=1S/C13H11N3O2S/c14-15-10-7-4-8-11-12(10)13(16-19(11,17)18)9-5-2-1-3-6-9/h1-8,15H,14H2. The van der Waals surface area contributed by atoms with Crippen molar-refractivity contribution in [1.82, 2.24) is 0 Å². The molecule has 6 heteroatoms. The van der Waals surface area contributed by atoms with Crippen molar-refractivity contribution < 1.29 is 8.42 Å². The van der Waals surface area contributed by atoms with Crippen LogP contribution in [-0.2, 0) is 10.0 Å². The molecule has 3 N–H and O–H groups in total. The third-order valence-electron chi connectivity index (χ3n) is 2.96. The molecule has 1 aliphatic rings. The molecule has 0 fully saturated rings. The van der Waals surface area contributed by atoms with Gasteiger partial charge in [0, 0.05) is 11.1 Å². The predicted octanol–water partition coefficient (Wildman–Crippen LogP) is 1.51. The van der Waals surface area contributed by atoms with E-state index >= 15 is 0 Å². The number of nitrogens with zero attached hydrogens (tertiary/aromatic N) is 1. The zero-order chi connectivity index (χ0) is 13.5. The van der Waals surface area contributed by atoms with Gasteiger partial charge in [-0.1, -0.05) is 36.4 Å². The van der Waals surface area contributed by atoms with Crippen LogP contribution in [-0.4, -0.2) is 14.1 Å². The molecule has 0 saturated heterocycles. The van der Waals surface area contributed by atoms with Crippen molar-refractivity contribution in [2.75, 3.05) is 5.43 Å². The molecule has 0 amide bonds. The van der Waals surface area contributed by atoms with Crippen molar-refractivity contribution in [2.24, 2.45) is 10.2 Å². The predicted molar refractivity (Wildman–Crippen MR) is 73.5 cm³/mol. The lowest BCUT2D eigenvalue weighted by Gasteiger charge is -2.08. The van der Waals surface area contributed by atoms with E-state index in [2.05, 4.69) is 9.82 Å². The summed E-state index contributed by atoms with van der Waals surface area (Å²) in [4.78, 5) is 0.182. The Bertz CT molecular complexity index is 768. The number of hydrazine groups is 1. The van der Waals surface area contributed by atoms with Gasteiger partial charge in [-0.25, -0.2) is 0 Å². The Labute approximate surface area is 110 Å². The quantitative estimate of drug-likeness (QED) is 0.641. The van der Waals surface area contributed by atoms with Crippen LogP contribution in [0.3, 0.4) is 0 Å². The molecule has 0 aromatic heterocycles. The highest BCUT2D eigenvalue weighted by Gasteiger charge is 2.31. The lowest BCUT2D eigenvalue weighted by atomic mass is 10.0. The number of benzene rings is 2. The number of hydrogen-bond acceptors (Lipinski definition) is 4. The summed E-state index contributed by atoms with van der Waals surface area (Å²) in [6, 6.07) is 14.1. The molecule has 0 bridgehead atoms. The second-order valence-corrected chi connectivity index (χ2v) is 5.68. The SMILES string of the molecule is NNc1cccc2c1C(c1ccccc1)=NS2(=O)=O. The summed E-state index contributed by atoms with van der Waals surface area (Å²) in [7, 11) is -3.64. The Balaban J connectivity index is 2.32. The van der Waals surface area contributed by atoms with Crippen LogP contribution < -0.4 is 11.3 Å². The summed E-state index contributed by atoms with van der Waals surface area (Å²) >= 11 is 0. The Hall–Kier alpha value is -2.18. The van der Waals surface area contributed by atoms with Gasteiger partial charge >= 0.3 is 0 Å². The summed E-state index contributed by atoms with van der Waals surface area (Å²) in [6.07, 6.45) is 0. The van der Waals surface area contributed by atoms with Gasteiger partial charge in [0.25, 0.3) is 10.0 Å². The number of fused-ring (bicyclic) bond motifs is 1. The highest BCUT2D eigenvalue weighted by atomic mass is 32.2. The zero-order valence-corrected chi connectivity index (χ0v) is 10.7. The number of anilines is 1. The van der Waals surface area contributed by atoms with Gasteiger partial charge in [-0.15, -0.1) is 0 Å². The van der Waals surface area contributed by atoms with Gasteiger partial charge in [-0.2, -0.15) is 12.8 Å². The molecule has 2 aromatic rings. The molecule has 0 spiro atoms. The van der Waals surface area contributed by atoms with Crippen LogP contribution in [0.15, 0.2) is 57.8 Å². The van der Waals surface area contributed by atoms with Crippen LogP contribution >= 0.6 is 0 Å². The maximum absolute atomic E-state index is 12.0. The van der Waals surface area contributed by atoms with Crippen LogP contribution in [0, 0.1) is 0 Å². The van der Waals surface area contributed by atoms with Gasteiger partial charge in [0.1, 0.15) is 4.90 Å². The minimum atomic E-state index is -3.64. The highest BCUT2D eigenvalue weighted by Crippen LogP contribution is 2.33. The van der Waals surface area contributed by atoms with E-state index in [0.29, 0.717) is 17.0 Å². The Morgan fingerprint density at radius 3 is 2.42 bits per heavy atom. The van der Waals surface area contributed by atoms with E-state index < -0.39 is 10.0 Å². The van der Waals surface area contributed by atoms with Crippen molar-refractivity contribution in [3.05, 3.63) is 59.7 Å². The maximum Gasteiger partial charge on any atom is 0.283 e. The highest BCUT2D eigenvalue weighted by molar-refractivity contribution is 7.90. The maximum atomic E-state index is 12.0. The number of nitrogens with one attached hydrogen (secondary N) is 1. The van der Waals surface area contributed by atoms with Gasteiger partial charge in [-0.3, -0.25) is 5.84 Å². The molecule has 0 atom stereocenters. The fourth-order valence-corrected chi connectivity index (χ4v) is 3.37. The molecule has 19 heavy (non-hydrogen) atoms. The third kappa shape index (κ3) is 1.81. The van der Waals surface area contributed by atoms with Gasteiger partial charge in [0.15, 0.2) is 0 Å². The molecule has 5 nitrogen and oxygen atoms in total. The Morgan fingerprint density at radius 1 is 1.00 bits per heavy atom. The minimum absolute atomic E-state index is 0.182. The van der Waals surface area contributed by atoms with Crippen LogP contribution in [0.5, 0.6) is 0 Å². The number of sulfonamides is 1. The zero-order valence-electron chi connectivity index (χ0n) is 9.87. The van der Waals surface area contributed by atoms with Gasteiger partial charge in [0.05, 0.1) is 11.4 Å². The molecule has 0 aliphatic carbocycles. The summed E-state index contributed by atoms with van der Waals surface area (Å²) in [5.41, 5.74) is 4.75. The van der Waals surface area contributed by atoms with E-state index in [-0.39, 0.29) is 4.90 Å². The van der Waals surface area contributed by atoms with E-state index in [4.69, 9.17) is 5.84 Å². The molecular formula is C13H11N3O2S. The van der Waals surface area contributed by atoms with Crippen LogP contribution in [0.1, 0.15) is 11.1 Å². The first kappa shape index (κ1) is 11.9. The number of nitrogen functional groups attached to an aromatic ring is 1. The molecule has 96 valence electrons. The van der Waals surface area contributed by atoms with E-state index in [1.54, 1.807) is 12.1 Å². The smallest absolute Gasteiger partial charge is 0.283 e. The van der Waals surface area contributed by atoms with Crippen molar-refractivity contribution in [1.29, 1.82) is 0 Å². The Kier molecular flexibility index (Phi) is 2.62. The molecule has 1 aliphatic heterocycles. The average molecular weight is 273 g/mol. The second-order valence-electron chi connectivity index (χ2n) is 4.10. The topological polar surface area (TPSA) is 84.5 Å². The van der Waals surface area contributed by atoms with Crippen molar-refractivity contribution in [3.8, 4) is 0 Å². The van der Waals surface area contributed by atoms with Crippen LogP contribution in [0.4, 0.5) is 5.69 Å². The molecule has 3 rings (SSSR count). The van der Waals surface area contributed by atoms with Crippen molar-refractivity contribution in [2.45, 2.75) is 4.90 Å². The molecule has 0 radical (unpaired) electrons. The molecule has 1 heterocycles. The lowest BCUT2D eigenvalue weighted by molar-refractivity contribution is 0.599. The van der Waals surface area contributed by atoms with Gasteiger partial charge in [-0.05, 0) is 12.1 Å². The summed E-state index contributed by atoms with van der Waals surface area (Å²) in [5, 5.41) is 0. The first-order chi connectivity index (χ1) is 9.13. The first-order valence-electron chi connectivity index (χ1n) is 5.64. The number of rotatable bonds is 2. The average Bonchev–Trinajstić information content (AvgIpc) is 2.72. The van der Waals surface area contributed by atoms with Gasteiger partial charge in [0.2, 0.25) is 0 Å². The Morgan fingerprint density at radius 2 is 1.74 bits per heavy atom. The van der Waals surface area contributed by atoms with E-state index in [1.807, 2.05) is 30.3 Å². The molecule has 2 aromatic carbocycles. The molecule has 0 unspecified atom stereocenters. The van der Waals surface area contributed by atoms with E-state index in [9.17, 15) is 8.42 Å². The number of nitrogens with two attached hydrogens (primary N) is 1. The molecule has 0 saturated carbocycles. The molecular weight excluding hydrogens is 262 g/mol. The number of hydrogen-bond donors (Lipinski definition) is 2. The van der Waals surface area contributed by atoms with Crippen molar-refractivity contribution >= 4 is 21.4 Å². The monoisotopic (exact) mass is 273 g/mol. The van der Waals surface area contributed by atoms with E-state index in [1.165, 1.54) is 6.07 Å². The van der Waals surface area contributed by atoms with E-state index in [0.717, 1.165) is 5.56 Å². The lowest BCUT2D eigenvalue weighted by Crippen LogP contribution is -2.12. The van der Waals surface area contributed by atoms with Crippen LogP contribution in [0.25, 0.3) is 0 Å². The second kappa shape index (κ2) is 4.18. The normalized spacial score (nSPS) is 15.7. The fraction of sp³-hybridized carbons (Fsp3) is 0. The van der Waals surface area contributed by atoms with Crippen molar-refractivity contribution in [3.63, 3.8) is 0 Å². The summed E-state index contributed by atoms with van der Waals surface area (Å²) < 4.78 is 28.0. The fourth-order valence-electron chi connectivity index (χ4n) is 2.12. The largest absolute Gasteiger partial charge is 0.323 e. The summed E-state index contributed by atoms with van der Waals surface area (Å²) in [6.45, 7) is 0. The minimum Gasteiger partial charge on any atom is -0.323 e. The summed E-state index contributed by atoms with van der Waals surface area (Å²) in [5.74, 6) is 5.45. The third-order valence-corrected chi connectivity index (χ3v) is 4.27. The first-order valence-corrected chi connectivity index (χ1v) is 7.08.